The van der Waals surface area contributed by atoms with Gasteiger partial charge >= 0.3 is 5.97 Å². The fraction of sp³-hybridized carbons (Fsp3) is 0.200. The zero-order chi connectivity index (χ0) is 10.8. The molecule has 1 N–H and O–H groups in total. The van der Waals surface area contributed by atoms with E-state index in [2.05, 4.69) is 25.9 Å². The molecule has 2 rings (SSSR count). The molecule has 0 spiro atoms. The zero-order valence-electron chi connectivity index (χ0n) is 8.08. The minimum absolute atomic E-state index is 0.355. The number of esters is 1. The number of carbonyl (C=O) groups is 1. The lowest BCUT2D eigenvalue weighted by Crippen LogP contribution is -2.04. The molecular weight excluding hydrogens is 260 g/mol. The van der Waals surface area contributed by atoms with Gasteiger partial charge in [-0.3, -0.25) is 0 Å². The van der Waals surface area contributed by atoms with Crippen LogP contribution < -0.4 is 0 Å². The molecule has 0 radical (unpaired) electrons. The first-order chi connectivity index (χ1) is 7.20. The van der Waals surface area contributed by atoms with Crippen LogP contribution in [0, 0.1) is 0 Å². The van der Waals surface area contributed by atoms with E-state index in [4.69, 9.17) is 4.74 Å². The van der Waals surface area contributed by atoms with Crippen molar-refractivity contribution in [2.75, 3.05) is 6.61 Å². The monoisotopic (exact) mass is 268 g/mol. The highest BCUT2D eigenvalue weighted by molar-refractivity contribution is 9.10. The Kier molecular flexibility index (Phi) is 2.73. The number of hydrogen-bond donors (Lipinski definition) is 1. The van der Waals surface area contributed by atoms with Crippen LogP contribution in [0.3, 0.4) is 0 Å². The first kappa shape index (κ1) is 10.2. The highest BCUT2D eigenvalue weighted by Crippen LogP contribution is 2.18. The lowest BCUT2D eigenvalue weighted by atomic mass is 10.3. The topological polar surface area (TPSA) is 55.0 Å². The molecule has 15 heavy (non-hydrogen) atoms. The van der Waals surface area contributed by atoms with Crippen LogP contribution in [0.15, 0.2) is 22.8 Å². The fourth-order valence-electron chi connectivity index (χ4n) is 1.31. The molecule has 78 valence electrons. The lowest BCUT2D eigenvalue weighted by molar-refractivity contribution is 0.0520. The van der Waals surface area contributed by atoms with Crippen LogP contribution in [0.5, 0.6) is 0 Å². The van der Waals surface area contributed by atoms with E-state index in [1.807, 2.05) is 6.07 Å². The first-order valence-electron chi connectivity index (χ1n) is 4.52. The summed E-state index contributed by atoms with van der Waals surface area (Å²) in [6, 6.07) is 3.62. The van der Waals surface area contributed by atoms with Gasteiger partial charge in [0.1, 0.15) is 11.3 Å². The second-order valence-electron chi connectivity index (χ2n) is 2.99. The molecular formula is C10H9BrN2O2. The summed E-state index contributed by atoms with van der Waals surface area (Å²) in [7, 11) is 0. The van der Waals surface area contributed by atoms with Crippen LogP contribution in [-0.4, -0.2) is 22.5 Å². The van der Waals surface area contributed by atoms with Crippen LogP contribution in [0.2, 0.25) is 0 Å². The van der Waals surface area contributed by atoms with Gasteiger partial charge in [-0.1, -0.05) is 0 Å². The van der Waals surface area contributed by atoms with Crippen molar-refractivity contribution in [1.82, 2.24) is 9.97 Å². The van der Waals surface area contributed by atoms with Gasteiger partial charge in [0.25, 0.3) is 0 Å². The Bertz CT molecular complexity index is 507. The zero-order valence-corrected chi connectivity index (χ0v) is 9.67. The van der Waals surface area contributed by atoms with Gasteiger partial charge in [-0.25, -0.2) is 9.78 Å². The van der Waals surface area contributed by atoms with E-state index >= 15 is 0 Å². The van der Waals surface area contributed by atoms with E-state index in [0.717, 1.165) is 9.86 Å². The molecule has 0 saturated heterocycles. The minimum atomic E-state index is -0.355. The largest absolute Gasteiger partial charge is 0.461 e. The highest BCUT2D eigenvalue weighted by atomic mass is 79.9. The van der Waals surface area contributed by atoms with E-state index in [0.29, 0.717) is 17.9 Å². The Hall–Kier alpha value is -1.36. The van der Waals surface area contributed by atoms with E-state index in [-0.39, 0.29) is 5.97 Å². The van der Waals surface area contributed by atoms with Gasteiger partial charge < -0.3 is 9.72 Å². The standard InChI is InChI=1S/C10H9BrN2O2/c1-2-15-10(14)8-4-6-3-7(11)5-12-9(6)13-8/h3-5H,2H2,1H3,(H,12,13). The summed E-state index contributed by atoms with van der Waals surface area (Å²) in [6.45, 7) is 2.14. The molecule has 0 amide bonds. The van der Waals surface area contributed by atoms with Gasteiger partial charge in [0.15, 0.2) is 0 Å². The van der Waals surface area contributed by atoms with Crippen LogP contribution in [0.25, 0.3) is 11.0 Å². The third kappa shape index (κ3) is 2.02. The Balaban J connectivity index is 2.42. The van der Waals surface area contributed by atoms with Gasteiger partial charge in [0.05, 0.1) is 6.61 Å². The van der Waals surface area contributed by atoms with Crippen molar-refractivity contribution in [2.24, 2.45) is 0 Å². The summed E-state index contributed by atoms with van der Waals surface area (Å²) in [5, 5.41) is 0.882. The average Bonchev–Trinajstić information content (AvgIpc) is 2.60. The number of fused-ring (bicyclic) bond motifs is 1. The molecule has 2 aromatic rings. The molecule has 0 aliphatic heterocycles. The molecule has 0 unspecified atom stereocenters. The normalized spacial score (nSPS) is 10.5. The smallest absolute Gasteiger partial charge is 0.354 e. The molecule has 0 atom stereocenters. The van der Waals surface area contributed by atoms with Crippen molar-refractivity contribution in [1.29, 1.82) is 0 Å². The second-order valence-corrected chi connectivity index (χ2v) is 3.91. The second kappa shape index (κ2) is 4.02. The van der Waals surface area contributed by atoms with Crippen LogP contribution in [-0.2, 0) is 4.74 Å². The number of rotatable bonds is 2. The van der Waals surface area contributed by atoms with Crippen molar-refractivity contribution in [3.05, 3.63) is 28.5 Å². The number of aromatic nitrogens is 2. The minimum Gasteiger partial charge on any atom is -0.461 e. The summed E-state index contributed by atoms with van der Waals surface area (Å²) in [4.78, 5) is 18.4. The molecule has 0 fully saturated rings. The first-order valence-corrected chi connectivity index (χ1v) is 5.31. The quantitative estimate of drug-likeness (QED) is 0.852. The number of nitrogens with one attached hydrogen (secondary N) is 1. The molecule has 4 nitrogen and oxygen atoms in total. The molecule has 5 heteroatoms. The van der Waals surface area contributed by atoms with Crippen LogP contribution in [0.1, 0.15) is 17.4 Å². The number of halogens is 1. The number of aromatic amines is 1. The van der Waals surface area contributed by atoms with Crippen molar-refractivity contribution < 1.29 is 9.53 Å². The van der Waals surface area contributed by atoms with Gasteiger partial charge in [-0.2, -0.15) is 0 Å². The maximum atomic E-state index is 11.4. The van der Waals surface area contributed by atoms with Gasteiger partial charge in [-0.05, 0) is 35.0 Å². The maximum Gasteiger partial charge on any atom is 0.354 e. The van der Waals surface area contributed by atoms with Crippen molar-refractivity contribution in [3.8, 4) is 0 Å². The Morgan fingerprint density at radius 3 is 3.13 bits per heavy atom. The molecule has 2 aromatic heterocycles. The predicted octanol–water partition coefficient (Wildman–Crippen LogP) is 2.50. The third-order valence-electron chi connectivity index (χ3n) is 1.93. The third-order valence-corrected chi connectivity index (χ3v) is 2.37. The average molecular weight is 269 g/mol. The Labute approximate surface area is 94.8 Å². The van der Waals surface area contributed by atoms with Gasteiger partial charge in [-0.15, -0.1) is 0 Å². The Morgan fingerprint density at radius 2 is 2.40 bits per heavy atom. The summed E-state index contributed by atoms with van der Waals surface area (Å²) < 4.78 is 5.76. The molecule has 0 aliphatic carbocycles. The van der Waals surface area contributed by atoms with Gasteiger partial charge in [0, 0.05) is 16.1 Å². The summed E-state index contributed by atoms with van der Waals surface area (Å²) in [5.74, 6) is -0.355. The fourth-order valence-corrected chi connectivity index (χ4v) is 1.66. The molecule has 0 bridgehead atoms. The summed E-state index contributed by atoms with van der Waals surface area (Å²) >= 11 is 3.32. The highest BCUT2D eigenvalue weighted by Gasteiger charge is 2.10. The van der Waals surface area contributed by atoms with E-state index in [9.17, 15) is 4.79 Å². The van der Waals surface area contributed by atoms with E-state index < -0.39 is 0 Å². The van der Waals surface area contributed by atoms with Crippen LogP contribution >= 0.6 is 15.9 Å². The van der Waals surface area contributed by atoms with Gasteiger partial charge in [0.2, 0.25) is 0 Å². The Morgan fingerprint density at radius 1 is 1.60 bits per heavy atom. The van der Waals surface area contributed by atoms with Crippen molar-refractivity contribution in [2.45, 2.75) is 6.92 Å². The number of carbonyl (C=O) groups excluding carboxylic acids is 1. The number of nitrogens with zero attached hydrogens (tertiary/aromatic N) is 1. The van der Waals surface area contributed by atoms with Crippen molar-refractivity contribution >= 4 is 32.9 Å². The summed E-state index contributed by atoms with van der Waals surface area (Å²) in [5.41, 5.74) is 1.11. The number of ether oxygens (including phenoxy) is 1. The molecule has 2 heterocycles. The van der Waals surface area contributed by atoms with Crippen LogP contribution in [0.4, 0.5) is 0 Å². The van der Waals surface area contributed by atoms with E-state index in [1.54, 1.807) is 19.2 Å². The maximum absolute atomic E-state index is 11.4. The number of pyridine rings is 1. The molecule has 0 saturated carbocycles. The predicted molar refractivity (Wildman–Crippen MR) is 59.8 cm³/mol. The van der Waals surface area contributed by atoms with Crippen molar-refractivity contribution in [3.63, 3.8) is 0 Å². The number of H-pyrrole nitrogens is 1. The molecule has 0 aromatic carbocycles. The number of hydrogen-bond acceptors (Lipinski definition) is 3. The summed E-state index contributed by atoms with van der Waals surface area (Å²) in [6.07, 6.45) is 1.67. The SMILES string of the molecule is CCOC(=O)c1cc2cc(Br)cnc2[nH]1. The lowest BCUT2D eigenvalue weighted by Gasteiger charge is -1.96. The molecule has 0 aliphatic rings. The van der Waals surface area contributed by atoms with E-state index in [1.165, 1.54) is 0 Å².